The molecule has 2 aromatic rings. The largest absolute Gasteiger partial charge is 0.492 e. The van der Waals surface area contributed by atoms with Crippen molar-refractivity contribution in [1.82, 2.24) is 9.55 Å². The third-order valence-corrected chi connectivity index (χ3v) is 3.20. The lowest BCUT2D eigenvalue weighted by Crippen LogP contribution is -2.13. The molecule has 0 spiro atoms. The number of nitrogens with zero attached hydrogens (tertiary/aromatic N) is 3. The van der Waals surface area contributed by atoms with Gasteiger partial charge in [0.1, 0.15) is 12.4 Å². The van der Waals surface area contributed by atoms with E-state index >= 15 is 0 Å². The van der Waals surface area contributed by atoms with Crippen molar-refractivity contribution >= 4 is 5.84 Å². The van der Waals surface area contributed by atoms with Gasteiger partial charge in [-0.1, -0.05) is 5.16 Å². The summed E-state index contributed by atoms with van der Waals surface area (Å²) >= 11 is 0. The van der Waals surface area contributed by atoms with Crippen molar-refractivity contribution in [3.8, 4) is 5.75 Å². The zero-order chi connectivity index (χ0) is 14.5. The molecule has 0 aliphatic rings. The average Bonchev–Trinajstić information content (AvgIpc) is 2.79. The standard InChI is InChI=1S/C14H18N4O2/c1-10-11(2)18(9-16-10)7-8-20-13-5-3-12(4-6-13)14(15)17-19/h3-6,9,19H,7-8H2,1-2H3,(H2,15,17). The van der Waals surface area contributed by atoms with Gasteiger partial charge in [-0.2, -0.15) is 0 Å². The molecule has 0 unspecified atom stereocenters. The van der Waals surface area contributed by atoms with E-state index in [4.69, 9.17) is 15.7 Å². The van der Waals surface area contributed by atoms with E-state index in [1.807, 2.05) is 20.2 Å². The lowest BCUT2D eigenvalue weighted by atomic mass is 10.2. The Morgan fingerprint density at radius 1 is 1.35 bits per heavy atom. The fourth-order valence-electron chi connectivity index (χ4n) is 1.81. The van der Waals surface area contributed by atoms with Gasteiger partial charge < -0.3 is 20.2 Å². The Labute approximate surface area is 117 Å². The van der Waals surface area contributed by atoms with Crippen molar-refractivity contribution in [2.75, 3.05) is 6.61 Å². The number of imidazole rings is 1. The van der Waals surface area contributed by atoms with Crippen LogP contribution in [0.2, 0.25) is 0 Å². The van der Waals surface area contributed by atoms with Gasteiger partial charge >= 0.3 is 0 Å². The van der Waals surface area contributed by atoms with Gasteiger partial charge in [-0.25, -0.2) is 4.98 Å². The van der Waals surface area contributed by atoms with Gasteiger partial charge in [0.05, 0.1) is 18.6 Å². The van der Waals surface area contributed by atoms with Crippen LogP contribution in [0.15, 0.2) is 35.7 Å². The highest BCUT2D eigenvalue weighted by Gasteiger charge is 2.03. The highest BCUT2D eigenvalue weighted by molar-refractivity contribution is 5.97. The summed E-state index contributed by atoms with van der Waals surface area (Å²) in [5, 5.41) is 11.5. The second kappa shape index (κ2) is 6.10. The number of oxime groups is 1. The predicted molar refractivity (Wildman–Crippen MR) is 76.1 cm³/mol. The first-order valence-corrected chi connectivity index (χ1v) is 6.31. The molecule has 0 amide bonds. The van der Waals surface area contributed by atoms with E-state index in [0.717, 1.165) is 23.7 Å². The molecule has 3 N–H and O–H groups in total. The number of hydrogen-bond acceptors (Lipinski definition) is 4. The molecule has 0 saturated carbocycles. The number of amidine groups is 1. The second-order valence-corrected chi connectivity index (χ2v) is 4.47. The molecule has 1 aromatic heterocycles. The van der Waals surface area contributed by atoms with E-state index in [2.05, 4.69) is 14.7 Å². The minimum atomic E-state index is 0.0843. The maximum absolute atomic E-state index is 8.58. The summed E-state index contributed by atoms with van der Waals surface area (Å²) in [6.07, 6.45) is 1.82. The topological polar surface area (TPSA) is 85.7 Å². The highest BCUT2D eigenvalue weighted by atomic mass is 16.5. The summed E-state index contributed by atoms with van der Waals surface area (Å²) in [7, 11) is 0. The van der Waals surface area contributed by atoms with E-state index in [0.29, 0.717) is 12.2 Å². The molecular formula is C14H18N4O2. The van der Waals surface area contributed by atoms with E-state index in [1.54, 1.807) is 24.3 Å². The van der Waals surface area contributed by atoms with E-state index in [-0.39, 0.29) is 5.84 Å². The smallest absolute Gasteiger partial charge is 0.170 e. The van der Waals surface area contributed by atoms with Crippen LogP contribution in [0.1, 0.15) is 17.0 Å². The molecule has 0 aliphatic carbocycles. The predicted octanol–water partition coefficient (Wildman–Crippen LogP) is 1.67. The van der Waals surface area contributed by atoms with Crippen LogP contribution in [0.5, 0.6) is 5.75 Å². The van der Waals surface area contributed by atoms with Gasteiger partial charge in [-0.15, -0.1) is 0 Å². The Morgan fingerprint density at radius 2 is 2.05 bits per heavy atom. The zero-order valence-corrected chi connectivity index (χ0v) is 11.6. The maximum Gasteiger partial charge on any atom is 0.170 e. The van der Waals surface area contributed by atoms with Crippen LogP contribution in [0.25, 0.3) is 0 Å². The number of nitrogens with two attached hydrogens (primary N) is 1. The molecule has 2 rings (SSSR count). The molecular weight excluding hydrogens is 256 g/mol. The Morgan fingerprint density at radius 3 is 2.60 bits per heavy atom. The van der Waals surface area contributed by atoms with Crippen LogP contribution in [-0.4, -0.2) is 27.2 Å². The number of rotatable bonds is 5. The average molecular weight is 274 g/mol. The fourth-order valence-corrected chi connectivity index (χ4v) is 1.81. The van der Waals surface area contributed by atoms with Gasteiger partial charge in [0.15, 0.2) is 5.84 Å². The van der Waals surface area contributed by atoms with Gasteiger partial charge in [0.2, 0.25) is 0 Å². The van der Waals surface area contributed by atoms with Crippen LogP contribution in [0, 0.1) is 13.8 Å². The van der Waals surface area contributed by atoms with Gasteiger partial charge in [-0.05, 0) is 38.1 Å². The van der Waals surface area contributed by atoms with Crippen molar-refractivity contribution < 1.29 is 9.94 Å². The number of ether oxygens (including phenoxy) is 1. The zero-order valence-electron chi connectivity index (χ0n) is 11.6. The molecule has 20 heavy (non-hydrogen) atoms. The molecule has 0 radical (unpaired) electrons. The summed E-state index contributed by atoms with van der Waals surface area (Å²) in [6, 6.07) is 7.08. The fraction of sp³-hybridized carbons (Fsp3) is 0.286. The Bertz CT molecular complexity index is 602. The highest BCUT2D eigenvalue weighted by Crippen LogP contribution is 2.12. The van der Waals surface area contributed by atoms with Crippen molar-refractivity contribution in [3.63, 3.8) is 0 Å². The second-order valence-electron chi connectivity index (χ2n) is 4.47. The molecule has 0 fully saturated rings. The molecule has 6 heteroatoms. The Hall–Kier alpha value is -2.50. The molecule has 1 heterocycles. The first-order chi connectivity index (χ1) is 9.61. The van der Waals surface area contributed by atoms with Crippen LogP contribution >= 0.6 is 0 Å². The summed E-state index contributed by atoms with van der Waals surface area (Å²) in [4.78, 5) is 4.24. The van der Waals surface area contributed by atoms with Crippen molar-refractivity contribution in [3.05, 3.63) is 47.5 Å². The third-order valence-electron chi connectivity index (χ3n) is 3.20. The van der Waals surface area contributed by atoms with Crippen molar-refractivity contribution in [2.45, 2.75) is 20.4 Å². The maximum atomic E-state index is 8.58. The molecule has 0 atom stereocenters. The van der Waals surface area contributed by atoms with Gasteiger partial charge in [0, 0.05) is 11.3 Å². The molecule has 106 valence electrons. The van der Waals surface area contributed by atoms with E-state index in [1.165, 1.54) is 0 Å². The van der Waals surface area contributed by atoms with Gasteiger partial charge in [0.25, 0.3) is 0 Å². The van der Waals surface area contributed by atoms with Crippen molar-refractivity contribution in [1.29, 1.82) is 0 Å². The minimum absolute atomic E-state index is 0.0843. The number of aromatic nitrogens is 2. The summed E-state index contributed by atoms with van der Waals surface area (Å²) in [5.74, 6) is 0.829. The molecule has 0 aliphatic heterocycles. The Kier molecular flexibility index (Phi) is 4.24. The summed E-state index contributed by atoms with van der Waals surface area (Å²) in [5.41, 5.74) is 8.33. The van der Waals surface area contributed by atoms with Crippen molar-refractivity contribution in [2.24, 2.45) is 10.9 Å². The molecule has 6 nitrogen and oxygen atoms in total. The quantitative estimate of drug-likeness (QED) is 0.376. The van der Waals surface area contributed by atoms with Gasteiger partial charge in [-0.3, -0.25) is 0 Å². The minimum Gasteiger partial charge on any atom is -0.492 e. The lowest BCUT2D eigenvalue weighted by molar-refractivity contribution is 0.297. The normalized spacial score (nSPS) is 11.6. The monoisotopic (exact) mass is 274 g/mol. The summed E-state index contributed by atoms with van der Waals surface area (Å²) in [6.45, 7) is 5.32. The van der Waals surface area contributed by atoms with E-state index in [9.17, 15) is 0 Å². The first-order valence-electron chi connectivity index (χ1n) is 6.31. The Balaban J connectivity index is 1.90. The third kappa shape index (κ3) is 3.09. The number of benzene rings is 1. The molecule has 1 aromatic carbocycles. The molecule has 0 saturated heterocycles. The van der Waals surface area contributed by atoms with Crippen LogP contribution in [-0.2, 0) is 6.54 Å². The van der Waals surface area contributed by atoms with Crippen LogP contribution in [0.3, 0.4) is 0 Å². The molecule has 0 bridgehead atoms. The van der Waals surface area contributed by atoms with Crippen LogP contribution in [0.4, 0.5) is 0 Å². The number of hydrogen-bond donors (Lipinski definition) is 2. The lowest BCUT2D eigenvalue weighted by Gasteiger charge is -2.09. The van der Waals surface area contributed by atoms with Crippen LogP contribution < -0.4 is 10.5 Å². The number of aryl methyl sites for hydroxylation is 1. The van der Waals surface area contributed by atoms with E-state index < -0.39 is 0 Å². The first kappa shape index (κ1) is 13.9. The summed E-state index contributed by atoms with van der Waals surface area (Å²) < 4.78 is 7.71. The SMILES string of the molecule is Cc1ncn(CCOc2ccc(C(N)=NO)cc2)c1C.